The maximum Gasteiger partial charge on any atom is 0.348 e. The van der Waals surface area contributed by atoms with Crippen LogP contribution in [0.15, 0.2) is 24.3 Å². The Hall–Kier alpha value is -2.47. The average Bonchev–Trinajstić information content (AvgIpc) is 2.90. The van der Waals surface area contributed by atoms with Crippen LogP contribution in [0.2, 0.25) is 0 Å². The van der Waals surface area contributed by atoms with Gasteiger partial charge < -0.3 is 10.8 Å². The molecule has 0 unspecified atom stereocenters. The molecule has 1 aromatic carbocycles. The molecule has 0 aliphatic heterocycles. The minimum absolute atomic E-state index is 0.114. The van der Waals surface area contributed by atoms with Crippen LogP contribution in [0.25, 0.3) is 21.3 Å². The highest BCUT2D eigenvalue weighted by atomic mass is 32.1. The van der Waals surface area contributed by atoms with Crippen LogP contribution in [0, 0.1) is 5.82 Å². The van der Waals surface area contributed by atoms with Crippen LogP contribution in [0.1, 0.15) is 33.8 Å². The second-order valence-corrected chi connectivity index (χ2v) is 6.96. The molecule has 0 bridgehead atoms. The summed E-state index contributed by atoms with van der Waals surface area (Å²) in [6.45, 7) is 0. The summed E-state index contributed by atoms with van der Waals surface area (Å²) < 4.78 is 13.3. The van der Waals surface area contributed by atoms with Crippen molar-refractivity contribution in [1.29, 1.82) is 0 Å². The van der Waals surface area contributed by atoms with Crippen LogP contribution < -0.4 is 5.73 Å². The lowest BCUT2D eigenvalue weighted by Gasteiger charge is -2.20. The van der Waals surface area contributed by atoms with E-state index < -0.39 is 5.97 Å². The van der Waals surface area contributed by atoms with E-state index in [1.54, 1.807) is 12.1 Å². The van der Waals surface area contributed by atoms with Crippen molar-refractivity contribution >= 4 is 33.2 Å². The zero-order chi connectivity index (χ0) is 16.8. The number of aromatic carboxylic acids is 1. The minimum atomic E-state index is -1.04. The molecule has 0 radical (unpaired) electrons. The number of halogens is 1. The number of nitrogens with two attached hydrogens (primary N) is 1. The molecular formula is C18H15FN2O2S. The Labute approximate surface area is 141 Å². The maximum atomic E-state index is 13.3. The Kier molecular flexibility index (Phi) is 3.49. The van der Waals surface area contributed by atoms with Gasteiger partial charge in [-0.05, 0) is 54.5 Å². The molecule has 1 aliphatic rings. The topological polar surface area (TPSA) is 76.2 Å². The number of nitrogen functional groups attached to an aromatic ring is 1. The summed E-state index contributed by atoms with van der Waals surface area (Å²) in [5.41, 5.74) is 10.3. The largest absolute Gasteiger partial charge is 0.477 e. The first-order valence-corrected chi connectivity index (χ1v) is 8.61. The first-order chi connectivity index (χ1) is 11.6. The van der Waals surface area contributed by atoms with Gasteiger partial charge >= 0.3 is 5.97 Å². The van der Waals surface area contributed by atoms with E-state index in [0.717, 1.165) is 59.4 Å². The molecule has 0 saturated heterocycles. The van der Waals surface area contributed by atoms with Crippen molar-refractivity contribution in [1.82, 2.24) is 4.98 Å². The number of fused-ring (bicyclic) bond motifs is 2. The third kappa shape index (κ3) is 2.26. The molecule has 4 nitrogen and oxygen atoms in total. The van der Waals surface area contributed by atoms with Gasteiger partial charge in [-0.25, -0.2) is 14.2 Å². The molecule has 3 N–H and O–H groups in total. The van der Waals surface area contributed by atoms with Gasteiger partial charge in [-0.3, -0.25) is 0 Å². The lowest BCUT2D eigenvalue weighted by atomic mass is 9.87. The van der Waals surface area contributed by atoms with E-state index >= 15 is 0 Å². The van der Waals surface area contributed by atoms with Crippen molar-refractivity contribution in [2.45, 2.75) is 25.7 Å². The Morgan fingerprint density at radius 3 is 2.62 bits per heavy atom. The Balaban J connectivity index is 2.11. The second-order valence-electron chi connectivity index (χ2n) is 5.96. The molecule has 1 aliphatic carbocycles. The zero-order valence-electron chi connectivity index (χ0n) is 12.8. The third-order valence-corrected chi connectivity index (χ3v) is 5.57. The normalized spacial score (nSPS) is 13.9. The molecule has 0 atom stereocenters. The highest BCUT2D eigenvalue weighted by Gasteiger charge is 2.25. The summed E-state index contributed by atoms with van der Waals surface area (Å²) in [5, 5.41) is 10.1. The van der Waals surface area contributed by atoms with Gasteiger partial charge in [0.15, 0.2) is 0 Å². The van der Waals surface area contributed by atoms with Gasteiger partial charge in [0.05, 0.1) is 5.69 Å². The fourth-order valence-corrected chi connectivity index (χ4v) is 4.36. The number of carboxylic acids is 1. The van der Waals surface area contributed by atoms with Crippen LogP contribution in [-0.2, 0) is 12.8 Å². The van der Waals surface area contributed by atoms with E-state index in [9.17, 15) is 14.3 Å². The smallest absolute Gasteiger partial charge is 0.348 e. The van der Waals surface area contributed by atoms with E-state index in [-0.39, 0.29) is 16.4 Å². The lowest BCUT2D eigenvalue weighted by molar-refractivity contribution is 0.0703. The molecule has 2 heterocycles. The van der Waals surface area contributed by atoms with Crippen molar-refractivity contribution in [3.05, 3.63) is 46.2 Å². The van der Waals surface area contributed by atoms with Gasteiger partial charge in [0, 0.05) is 11.1 Å². The summed E-state index contributed by atoms with van der Waals surface area (Å²) >= 11 is 1.11. The Morgan fingerprint density at radius 1 is 1.21 bits per heavy atom. The number of nitrogens with zero attached hydrogens (tertiary/aromatic N) is 1. The number of rotatable bonds is 2. The average molecular weight is 342 g/mol. The van der Waals surface area contributed by atoms with Gasteiger partial charge in [-0.2, -0.15) is 0 Å². The highest BCUT2D eigenvalue weighted by Crippen LogP contribution is 2.43. The van der Waals surface area contributed by atoms with Gasteiger partial charge in [-0.1, -0.05) is 12.1 Å². The minimum Gasteiger partial charge on any atom is -0.477 e. The monoisotopic (exact) mass is 342 g/mol. The molecule has 6 heteroatoms. The summed E-state index contributed by atoms with van der Waals surface area (Å²) in [6.07, 6.45) is 3.88. The standard InChI is InChI=1S/C18H15FN2O2S/c19-10-7-5-9(6-8-10)13-11-3-1-2-4-12(11)21-17-14(13)15(20)16(24-17)18(22)23/h5-8H,1-4,20H2,(H,22,23). The number of aryl methyl sites for hydroxylation is 1. The Bertz CT molecular complexity index is 964. The van der Waals surface area contributed by atoms with Crippen LogP contribution in [-0.4, -0.2) is 16.1 Å². The summed E-state index contributed by atoms with van der Waals surface area (Å²) in [4.78, 5) is 16.9. The van der Waals surface area contributed by atoms with E-state index in [4.69, 9.17) is 5.73 Å². The summed E-state index contributed by atoms with van der Waals surface area (Å²) in [5.74, 6) is -1.35. The van der Waals surface area contributed by atoms with Gasteiger partial charge in [0.1, 0.15) is 15.5 Å². The van der Waals surface area contributed by atoms with Crippen molar-refractivity contribution in [2.75, 3.05) is 5.73 Å². The first kappa shape index (κ1) is 15.1. The zero-order valence-corrected chi connectivity index (χ0v) is 13.6. The summed E-state index contributed by atoms with van der Waals surface area (Å²) in [7, 11) is 0. The van der Waals surface area contributed by atoms with Crippen molar-refractivity contribution < 1.29 is 14.3 Å². The van der Waals surface area contributed by atoms with Crippen molar-refractivity contribution in [3.8, 4) is 11.1 Å². The second kappa shape index (κ2) is 5.56. The SMILES string of the molecule is Nc1c(C(=O)O)sc2nc3c(c(-c4ccc(F)cc4)c12)CCCC3. The number of carboxylic acid groups (broad SMARTS) is 1. The molecular weight excluding hydrogens is 327 g/mol. The van der Waals surface area contributed by atoms with Crippen LogP contribution in [0.3, 0.4) is 0 Å². The fourth-order valence-electron chi connectivity index (χ4n) is 3.40. The molecule has 0 amide bonds. The molecule has 24 heavy (non-hydrogen) atoms. The van der Waals surface area contributed by atoms with E-state index in [0.29, 0.717) is 10.2 Å². The maximum absolute atomic E-state index is 13.3. The van der Waals surface area contributed by atoms with Crippen LogP contribution in [0.4, 0.5) is 10.1 Å². The number of pyridine rings is 1. The quantitative estimate of drug-likeness (QED) is 0.729. The number of benzene rings is 1. The number of anilines is 1. The number of hydrogen-bond donors (Lipinski definition) is 2. The van der Waals surface area contributed by atoms with Gasteiger partial charge in [0.25, 0.3) is 0 Å². The molecule has 4 rings (SSSR count). The predicted molar refractivity (Wildman–Crippen MR) is 93.0 cm³/mol. The lowest BCUT2D eigenvalue weighted by Crippen LogP contribution is -2.08. The van der Waals surface area contributed by atoms with E-state index in [1.165, 1.54) is 12.1 Å². The molecule has 122 valence electrons. The van der Waals surface area contributed by atoms with Crippen LogP contribution in [0.5, 0.6) is 0 Å². The highest BCUT2D eigenvalue weighted by molar-refractivity contribution is 7.21. The van der Waals surface area contributed by atoms with Crippen molar-refractivity contribution in [3.63, 3.8) is 0 Å². The van der Waals surface area contributed by atoms with Crippen molar-refractivity contribution in [2.24, 2.45) is 0 Å². The predicted octanol–water partition coefficient (Wildman–Crippen LogP) is 4.26. The Morgan fingerprint density at radius 2 is 1.92 bits per heavy atom. The van der Waals surface area contributed by atoms with E-state index in [1.807, 2.05) is 0 Å². The molecule has 0 fully saturated rings. The number of thiophene rings is 1. The first-order valence-electron chi connectivity index (χ1n) is 7.79. The van der Waals surface area contributed by atoms with Gasteiger partial charge in [-0.15, -0.1) is 11.3 Å². The summed E-state index contributed by atoms with van der Waals surface area (Å²) in [6, 6.07) is 6.27. The molecule has 3 aromatic rings. The molecule has 0 saturated carbocycles. The molecule has 2 aromatic heterocycles. The fraction of sp³-hybridized carbons (Fsp3) is 0.222. The third-order valence-electron chi connectivity index (χ3n) is 4.48. The number of hydrogen-bond acceptors (Lipinski definition) is 4. The number of carbonyl (C=O) groups is 1. The number of aromatic nitrogens is 1. The van der Waals surface area contributed by atoms with Gasteiger partial charge in [0.2, 0.25) is 0 Å². The van der Waals surface area contributed by atoms with E-state index in [2.05, 4.69) is 4.98 Å². The van der Waals surface area contributed by atoms with Crippen LogP contribution >= 0.6 is 11.3 Å². The molecule has 0 spiro atoms.